The van der Waals surface area contributed by atoms with Crippen LogP contribution in [-0.4, -0.2) is 38.0 Å². The molecule has 2 fully saturated rings. The van der Waals surface area contributed by atoms with Crippen LogP contribution in [0.1, 0.15) is 0 Å². The number of sulfone groups is 1. The van der Waals surface area contributed by atoms with Crippen molar-refractivity contribution >= 4 is 15.9 Å². The van der Waals surface area contributed by atoms with Crippen LogP contribution in [0.15, 0.2) is 0 Å². The van der Waals surface area contributed by atoms with E-state index in [1.54, 1.807) is 0 Å². The van der Waals surface area contributed by atoms with Gasteiger partial charge in [-0.3, -0.25) is 0 Å². The zero-order chi connectivity index (χ0) is 8.06. The Morgan fingerprint density at radius 1 is 1.18 bits per heavy atom. The average Bonchev–Trinajstić information content (AvgIpc) is 2.17. The Labute approximate surface area is 64.1 Å². The zero-order valence-electron chi connectivity index (χ0n) is 5.70. The number of carbonyl (C=O) groups is 1. The van der Waals surface area contributed by atoms with E-state index in [9.17, 15) is 13.2 Å². The quantitative estimate of drug-likeness (QED) is 0.439. The number of rotatable bonds is 0. The molecule has 62 valence electrons. The van der Waals surface area contributed by atoms with E-state index >= 15 is 0 Å². The summed E-state index contributed by atoms with van der Waals surface area (Å²) < 4.78 is 21.9. The number of fused-ring (bicyclic) bond motifs is 1. The maximum atomic E-state index is 11.0. The van der Waals surface area contributed by atoms with Crippen LogP contribution in [0, 0.1) is 0 Å². The van der Waals surface area contributed by atoms with E-state index < -0.39 is 9.84 Å². The van der Waals surface area contributed by atoms with Gasteiger partial charge in [0.25, 0.3) is 0 Å². The summed E-state index contributed by atoms with van der Waals surface area (Å²) in [5, 5.41) is 5.08. The van der Waals surface area contributed by atoms with Crippen molar-refractivity contribution in [2.45, 2.75) is 12.1 Å². The van der Waals surface area contributed by atoms with Crippen molar-refractivity contribution in [3.05, 3.63) is 0 Å². The van der Waals surface area contributed by atoms with Gasteiger partial charge in [-0.05, 0) is 0 Å². The Morgan fingerprint density at radius 3 is 2.09 bits per heavy atom. The minimum Gasteiger partial charge on any atom is -0.332 e. The van der Waals surface area contributed by atoms with Crippen molar-refractivity contribution in [1.29, 1.82) is 0 Å². The molecule has 2 N–H and O–H groups in total. The molecular weight excluding hydrogens is 168 g/mol. The summed E-state index contributed by atoms with van der Waals surface area (Å²) in [7, 11) is -2.91. The summed E-state index contributed by atoms with van der Waals surface area (Å²) in [6, 6.07) is -0.658. The van der Waals surface area contributed by atoms with Gasteiger partial charge in [0, 0.05) is 0 Å². The molecule has 5 nitrogen and oxygen atoms in total. The standard InChI is InChI=1S/C5H8N2O3S/c8-5-6-3-1-11(9,10)2-4(3)7-5/h3-4H,1-2H2,(H2,6,7,8)/t3-,4-/m1/s1. The van der Waals surface area contributed by atoms with Crippen LogP contribution in [0.25, 0.3) is 0 Å². The lowest BCUT2D eigenvalue weighted by atomic mass is 10.2. The summed E-state index contributed by atoms with van der Waals surface area (Å²) in [5.74, 6) is 0.160. The lowest BCUT2D eigenvalue weighted by Crippen LogP contribution is -2.31. The van der Waals surface area contributed by atoms with Crippen molar-refractivity contribution in [1.82, 2.24) is 10.6 Å². The predicted octanol–water partition coefficient (Wildman–Crippen LogP) is -1.54. The van der Waals surface area contributed by atoms with Crippen molar-refractivity contribution in [2.24, 2.45) is 0 Å². The maximum absolute atomic E-state index is 11.0. The Hall–Kier alpha value is -0.780. The number of urea groups is 1. The predicted molar refractivity (Wildman–Crippen MR) is 37.9 cm³/mol. The van der Waals surface area contributed by atoms with Gasteiger partial charge in [0.15, 0.2) is 9.84 Å². The SMILES string of the molecule is O=C1N[C@@H]2CS(=O)(=O)C[C@H]2N1. The molecule has 2 heterocycles. The van der Waals surface area contributed by atoms with Crippen LogP contribution in [0.2, 0.25) is 0 Å². The van der Waals surface area contributed by atoms with E-state index in [0.717, 1.165) is 0 Å². The molecule has 0 aromatic heterocycles. The lowest BCUT2D eigenvalue weighted by molar-refractivity contribution is 0.247. The zero-order valence-corrected chi connectivity index (χ0v) is 6.52. The van der Waals surface area contributed by atoms with Crippen LogP contribution < -0.4 is 10.6 Å². The third-order valence-electron chi connectivity index (χ3n) is 1.99. The first-order valence-corrected chi connectivity index (χ1v) is 5.16. The second kappa shape index (κ2) is 1.88. The highest BCUT2D eigenvalue weighted by Crippen LogP contribution is 2.15. The van der Waals surface area contributed by atoms with Crippen LogP contribution in [-0.2, 0) is 9.84 Å². The fourth-order valence-electron chi connectivity index (χ4n) is 1.51. The van der Waals surface area contributed by atoms with E-state index in [2.05, 4.69) is 10.6 Å². The third kappa shape index (κ3) is 1.07. The van der Waals surface area contributed by atoms with E-state index in [-0.39, 0.29) is 29.6 Å². The first-order chi connectivity index (χ1) is 5.07. The molecule has 2 rings (SSSR count). The molecule has 2 atom stereocenters. The van der Waals surface area contributed by atoms with Gasteiger partial charge >= 0.3 is 6.03 Å². The van der Waals surface area contributed by atoms with E-state index in [0.29, 0.717) is 0 Å². The molecule has 0 unspecified atom stereocenters. The molecule has 0 aromatic rings. The molecule has 6 heteroatoms. The summed E-state index contributed by atoms with van der Waals surface area (Å²) in [6.45, 7) is 0. The average molecular weight is 176 g/mol. The van der Waals surface area contributed by atoms with Gasteiger partial charge in [-0.2, -0.15) is 0 Å². The minimum absolute atomic E-state index is 0.0798. The van der Waals surface area contributed by atoms with Gasteiger partial charge in [0.1, 0.15) is 0 Å². The molecule has 11 heavy (non-hydrogen) atoms. The topological polar surface area (TPSA) is 75.3 Å². The molecule has 0 aromatic carbocycles. The number of amides is 2. The number of hydrogen-bond donors (Lipinski definition) is 2. The monoisotopic (exact) mass is 176 g/mol. The number of nitrogens with one attached hydrogen (secondary N) is 2. The van der Waals surface area contributed by atoms with Gasteiger partial charge in [-0.1, -0.05) is 0 Å². The number of hydrogen-bond acceptors (Lipinski definition) is 3. The van der Waals surface area contributed by atoms with Gasteiger partial charge in [0.05, 0.1) is 23.6 Å². The minimum atomic E-state index is -2.91. The van der Waals surface area contributed by atoms with E-state index in [1.807, 2.05) is 0 Å². The molecule has 2 saturated heterocycles. The fourth-order valence-corrected chi connectivity index (χ4v) is 3.37. The Kier molecular flexibility index (Phi) is 1.18. The normalized spacial score (nSPS) is 39.5. The molecule has 0 aliphatic carbocycles. The van der Waals surface area contributed by atoms with Crippen molar-refractivity contribution in [3.8, 4) is 0 Å². The fraction of sp³-hybridized carbons (Fsp3) is 0.800. The van der Waals surface area contributed by atoms with Crippen molar-refractivity contribution < 1.29 is 13.2 Å². The second-order valence-corrected chi connectivity index (χ2v) is 5.06. The highest BCUT2D eigenvalue weighted by atomic mass is 32.2. The lowest BCUT2D eigenvalue weighted by Gasteiger charge is -2.01. The Bertz CT molecular complexity index is 275. The van der Waals surface area contributed by atoms with Gasteiger partial charge in [0.2, 0.25) is 0 Å². The van der Waals surface area contributed by atoms with Crippen LogP contribution in [0.5, 0.6) is 0 Å². The van der Waals surface area contributed by atoms with E-state index in [1.165, 1.54) is 0 Å². The van der Waals surface area contributed by atoms with Crippen molar-refractivity contribution in [3.63, 3.8) is 0 Å². The Balaban J connectivity index is 2.22. The molecule has 2 amide bonds. The van der Waals surface area contributed by atoms with Crippen LogP contribution in [0.3, 0.4) is 0 Å². The Morgan fingerprint density at radius 2 is 1.64 bits per heavy atom. The molecule has 2 aliphatic rings. The highest BCUT2D eigenvalue weighted by Gasteiger charge is 2.43. The second-order valence-electron chi connectivity index (χ2n) is 2.91. The summed E-state index contributed by atoms with van der Waals surface area (Å²) in [6.07, 6.45) is 0. The first-order valence-electron chi connectivity index (χ1n) is 3.34. The smallest absolute Gasteiger partial charge is 0.315 e. The molecule has 0 saturated carbocycles. The van der Waals surface area contributed by atoms with E-state index in [4.69, 9.17) is 0 Å². The van der Waals surface area contributed by atoms with Gasteiger partial charge < -0.3 is 10.6 Å². The van der Waals surface area contributed by atoms with Crippen LogP contribution >= 0.6 is 0 Å². The maximum Gasteiger partial charge on any atom is 0.315 e. The summed E-state index contributed by atoms with van der Waals surface area (Å²) in [4.78, 5) is 10.7. The molecule has 0 radical (unpaired) electrons. The third-order valence-corrected chi connectivity index (χ3v) is 3.72. The largest absolute Gasteiger partial charge is 0.332 e. The summed E-state index contributed by atoms with van der Waals surface area (Å²) >= 11 is 0. The molecule has 2 aliphatic heterocycles. The molecule has 0 spiro atoms. The first kappa shape index (κ1) is 6.90. The van der Waals surface area contributed by atoms with Crippen LogP contribution in [0.4, 0.5) is 4.79 Å². The summed E-state index contributed by atoms with van der Waals surface area (Å²) in [5.41, 5.74) is 0. The number of carbonyl (C=O) groups excluding carboxylic acids is 1. The molecular formula is C5H8N2O3S. The highest BCUT2D eigenvalue weighted by molar-refractivity contribution is 7.91. The van der Waals surface area contributed by atoms with Gasteiger partial charge in [-0.25, -0.2) is 13.2 Å². The van der Waals surface area contributed by atoms with Crippen molar-refractivity contribution in [2.75, 3.05) is 11.5 Å². The molecule has 0 bridgehead atoms. The van der Waals surface area contributed by atoms with Gasteiger partial charge in [-0.15, -0.1) is 0 Å².